The third-order valence-corrected chi connectivity index (χ3v) is 5.84. The highest BCUT2D eigenvalue weighted by Gasteiger charge is 2.37. The van der Waals surface area contributed by atoms with Gasteiger partial charge in [-0.15, -0.1) is 6.58 Å². The first-order chi connectivity index (χ1) is 17.0. The molecule has 0 saturated carbocycles. The van der Waals surface area contributed by atoms with Crippen LogP contribution in [0.25, 0.3) is 0 Å². The molecule has 0 aliphatic heterocycles. The zero-order valence-electron chi connectivity index (χ0n) is 22.2. The van der Waals surface area contributed by atoms with Crippen molar-refractivity contribution in [3.63, 3.8) is 0 Å². The Balaban J connectivity index is 2.48. The van der Waals surface area contributed by atoms with Gasteiger partial charge in [0.25, 0.3) is 5.91 Å². The van der Waals surface area contributed by atoms with Crippen LogP contribution in [-0.4, -0.2) is 41.0 Å². The molecule has 194 valence electrons. The smallest absolute Gasteiger partial charge is 0.408 e. The number of rotatable bonds is 10. The Hall–Kier alpha value is -3.61. The Bertz CT molecular complexity index is 1050. The number of aryl methyl sites for hydroxylation is 1. The summed E-state index contributed by atoms with van der Waals surface area (Å²) in [5.41, 5.74) is 1.51. The lowest BCUT2D eigenvalue weighted by molar-refractivity contribution is -0.141. The molecule has 0 radical (unpaired) electrons. The molecule has 0 saturated heterocycles. The van der Waals surface area contributed by atoms with Crippen LogP contribution in [-0.2, 0) is 14.3 Å². The standard InChI is InChI=1S/C29H39N3O4/c1-8-19-32(27(34)24(20(3)9-2)31-28(35)36-29(5,6)7)25(22-16-11-10-12-17-22)26(33)30-23-18-14-13-15-21(23)4/h8,10-18,20,24-25H,1,9,19H2,2-7H3,(H,30,33)(H,31,35). The van der Waals surface area contributed by atoms with E-state index in [0.717, 1.165) is 5.56 Å². The maximum absolute atomic E-state index is 14.0. The molecular formula is C29H39N3O4. The third kappa shape index (κ3) is 7.97. The first-order valence-corrected chi connectivity index (χ1v) is 12.3. The number of carbonyl (C=O) groups is 3. The topological polar surface area (TPSA) is 87.7 Å². The summed E-state index contributed by atoms with van der Waals surface area (Å²) in [6, 6.07) is 14.8. The van der Waals surface area contributed by atoms with Crippen LogP contribution < -0.4 is 10.6 Å². The van der Waals surface area contributed by atoms with E-state index in [1.165, 1.54) is 4.90 Å². The van der Waals surface area contributed by atoms with E-state index < -0.39 is 23.8 Å². The Morgan fingerprint density at radius 2 is 1.67 bits per heavy atom. The molecule has 0 fully saturated rings. The van der Waals surface area contributed by atoms with E-state index in [2.05, 4.69) is 17.2 Å². The molecule has 0 aliphatic carbocycles. The zero-order chi connectivity index (χ0) is 26.9. The molecule has 2 aromatic rings. The molecule has 3 unspecified atom stereocenters. The number of nitrogens with one attached hydrogen (secondary N) is 2. The summed E-state index contributed by atoms with van der Waals surface area (Å²) in [5.74, 6) is -0.942. The van der Waals surface area contributed by atoms with Crippen molar-refractivity contribution in [2.75, 3.05) is 11.9 Å². The molecule has 0 heterocycles. The summed E-state index contributed by atoms with van der Waals surface area (Å²) < 4.78 is 5.42. The minimum Gasteiger partial charge on any atom is -0.444 e. The van der Waals surface area contributed by atoms with E-state index in [9.17, 15) is 14.4 Å². The maximum atomic E-state index is 14.0. The van der Waals surface area contributed by atoms with Crippen molar-refractivity contribution >= 4 is 23.6 Å². The van der Waals surface area contributed by atoms with Gasteiger partial charge in [0.15, 0.2) is 0 Å². The average molecular weight is 494 g/mol. The van der Waals surface area contributed by atoms with Crippen molar-refractivity contribution in [1.82, 2.24) is 10.2 Å². The number of ether oxygens (including phenoxy) is 1. The number of anilines is 1. The molecule has 2 aromatic carbocycles. The minimum atomic E-state index is -0.941. The monoisotopic (exact) mass is 493 g/mol. The number of alkyl carbamates (subject to hydrolysis) is 1. The van der Waals surface area contributed by atoms with Crippen molar-refractivity contribution in [1.29, 1.82) is 0 Å². The van der Waals surface area contributed by atoms with Gasteiger partial charge in [-0.05, 0) is 50.8 Å². The summed E-state index contributed by atoms with van der Waals surface area (Å²) in [7, 11) is 0. The summed E-state index contributed by atoms with van der Waals surface area (Å²) in [5, 5.41) is 5.73. The Morgan fingerprint density at radius 1 is 1.06 bits per heavy atom. The van der Waals surface area contributed by atoms with Crippen LogP contribution in [0.3, 0.4) is 0 Å². The molecular weight excluding hydrogens is 454 g/mol. The van der Waals surface area contributed by atoms with Gasteiger partial charge in [-0.2, -0.15) is 0 Å². The van der Waals surface area contributed by atoms with Crippen LogP contribution in [0.2, 0.25) is 0 Å². The number of hydrogen-bond donors (Lipinski definition) is 2. The van der Waals surface area contributed by atoms with Gasteiger partial charge in [0.1, 0.15) is 17.7 Å². The fraction of sp³-hybridized carbons (Fsp3) is 0.414. The molecule has 3 atom stereocenters. The normalized spacial score (nSPS) is 13.6. The van der Waals surface area contributed by atoms with Gasteiger partial charge < -0.3 is 20.3 Å². The second-order valence-electron chi connectivity index (χ2n) is 9.91. The fourth-order valence-electron chi connectivity index (χ4n) is 3.78. The van der Waals surface area contributed by atoms with E-state index in [-0.39, 0.29) is 24.3 Å². The van der Waals surface area contributed by atoms with Crippen molar-refractivity contribution in [3.05, 3.63) is 78.4 Å². The average Bonchev–Trinajstić information content (AvgIpc) is 2.82. The van der Waals surface area contributed by atoms with E-state index in [0.29, 0.717) is 17.7 Å². The van der Waals surface area contributed by atoms with Crippen LogP contribution in [0.1, 0.15) is 58.2 Å². The summed E-state index contributed by atoms with van der Waals surface area (Å²) in [6.07, 6.45) is 1.54. The van der Waals surface area contributed by atoms with Crippen LogP contribution in [0.15, 0.2) is 67.3 Å². The Kier molecular flexibility index (Phi) is 10.3. The molecule has 0 aliphatic rings. The van der Waals surface area contributed by atoms with Crippen LogP contribution in [0.5, 0.6) is 0 Å². The van der Waals surface area contributed by atoms with Crippen LogP contribution in [0, 0.1) is 12.8 Å². The van der Waals surface area contributed by atoms with E-state index >= 15 is 0 Å². The van der Waals surface area contributed by atoms with Crippen molar-refractivity contribution in [2.24, 2.45) is 5.92 Å². The summed E-state index contributed by atoms with van der Waals surface area (Å²) in [6.45, 7) is 14.9. The van der Waals surface area contributed by atoms with Gasteiger partial charge >= 0.3 is 6.09 Å². The molecule has 7 nitrogen and oxygen atoms in total. The maximum Gasteiger partial charge on any atom is 0.408 e. The molecule has 0 aromatic heterocycles. The largest absolute Gasteiger partial charge is 0.444 e. The molecule has 3 amide bonds. The van der Waals surface area contributed by atoms with Crippen molar-refractivity contribution in [2.45, 2.75) is 65.6 Å². The first kappa shape index (κ1) is 28.6. The number of benzene rings is 2. The second kappa shape index (κ2) is 12.9. The number of nitrogens with zero attached hydrogens (tertiary/aromatic N) is 1. The van der Waals surface area contributed by atoms with Crippen molar-refractivity contribution in [3.8, 4) is 0 Å². The van der Waals surface area contributed by atoms with Crippen molar-refractivity contribution < 1.29 is 19.1 Å². The Labute approximate surface area is 214 Å². The van der Waals surface area contributed by atoms with Crippen LogP contribution in [0.4, 0.5) is 10.5 Å². The van der Waals surface area contributed by atoms with Gasteiger partial charge in [-0.1, -0.05) is 74.9 Å². The highest BCUT2D eigenvalue weighted by molar-refractivity contribution is 5.99. The number of para-hydroxylation sites is 1. The predicted octanol–water partition coefficient (Wildman–Crippen LogP) is 5.63. The van der Waals surface area contributed by atoms with E-state index in [4.69, 9.17) is 4.74 Å². The van der Waals surface area contributed by atoms with Gasteiger partial charge in [0.05, 0.1) is 0 Å². The van der Waals surface area contributed by atoms with E-state index in [1.54, 1.807) is 26.8 Å². The lowest BCUT2D eigenvalue weighted by atomic mass is 9.95. The number of amides is 3. The zero-order valence-corrected chi connectivity index (χ0v) is 22.2. The molecule has 2 rings (SSSR count). The molecule has 2 N–H and O–H groups in total. The highest BCUT2D eigenvalue weighted by Crippen LogP contribution is 2.26. The highest BCUT2D eigenvalue weighted by atomic mass is 16.6. The van der Waals surface area contributed by atoms with Gasteiger partial charge in [0.2, 0.25) is 5.91 Å². The second-order valence-corrected chi connectivity index (χ2v) is 9.91. The SMILES string of the molecule is C=CCN(C(=O)C(NC(=O)OC(C)(C)C)C(C)CC)C(C(=O)Nc1ccccc1C)c1ccccc1. The lowest BCUT2D eigenvalue weighted by Crippen LogP contribution is -2.54. The van der Waals surface area contributed by atoms with Crippen LogP contribution >= 0.6 is 0 Å². The first-order valence-electron chi connectivity index (χ1n) is 12.3. The Morgan fingerprint density at radius 3 is 2.22 bits per heavy atom. The minimum absolute atomic E-state index is 0.114. The number of carbonyl (C=O) groups excluding carboxylic acids is 3. The third-order valence-electron chi connectivity index (χ3n) is 5.84. The number of hydrogen-bond acceptors (Lipinski definition) is 4. The molecule has 0 bridgehead atoms. The molecule has 36 heavy (non-hydrogen) atoms. The molecule has 0 spiro atoms. The van der Waals surface area contributed by atoms with E-state index in [1.807, 2.05) is 75.4 Å². The predicted molar refractivity (Wildman–Crippen MR) is 144 cm³/mol. The molecule has 7 heteroatoms. The fourth-order valence-corrected chi connectivity index (χ4v) is 3.78. The lowest BCUT2D eigenvalue weighted by Gasteiger charge is -2.35. The summed E-state index contributed by atoms with van der Waals surface area (Å²) >= 11 is 0. The van der Waals surface area contributed by atoms with Gasteiger partial charge in [0, 0.05) is 12.2 Å². The van der Waals surface area contributed by atoms with Gasteiger partial charge in [-0.3, -0.25) is 9.59 Å². The summed E-state index contributed by atoms with van der Waals surface area (Å²) in [4.78, 5) is 41.8. The van der Waals surface area contributed by atoms with Gasteiger partial charge in [-0.25, -0.2) is 4.79 Å². The quantitative estimate of drug-likeness (QED) is 0.420.